The molecule has 158 valence electrons. The van der Waals surface area contributed by atoms with Crippen LogP contribution in [0.5, 0.6) is 0 Å². The molecule has 0 fully saturated rings. The Bertz CT molecular complexity index is 1350. The SMILES string of the molecule is Cc1coc2cc3oc(=O)c(CCC(=O)N[C@@H](C(=O)O)c4ccccc4)c(C)c3cc12. The number of furan rings is 1. The highest BCUT2D eigenvalue weighted by Gasteiger charge is 2.22. The van der Waals surface area contributed by atoms with E-state index in [0.717, 1.165) is 21.9 Å². The highest BCUT2D eigenvalue weighted by atomic mass is 16.4. The molecule has 0 saturated carbocycles. The zero-order chi connectivity index (χ0) is 22.1. The minimum atomic E-state index is -1.15. The lowest BCUT2D eigenvalue weighted by Gasteiger charge is -2.15. The van der Waals surface area contributed by atoms with Crippen molar-refractivity contribution in [3.63, 3.8) is 0 Å². The quantitative estimate of drug-likeness (QED) is 0.457. The molecule has 0 saturated heterocycles. The first-order valence-corrected chi connectivity index (χ1v) is 9.86. The second-order valence-corrected chi connectivity index (χ2v) is 7.51. The van der Waals surface area contributed by atoms with Crippen LogP contribution < -0.4 is 10.9 Å². The van der Waals surface area contributed by atoms with Crippen LogP contribution in [0, 0.1) is 13.8 Å². The molecule has 7 nitrogen and oxygen atoms in total. The Kier molecular flexibility index (Phi) is 5.33. The number of carboxylic acids is 1. The van der Waals surface area contributed by atoms with Gasteiger partial charge < -0.3 is 19.3 Å². The lowest BCUT2D eigenvalue weighted by atomic mass is 10.0. The Morgan fingerprint density at radius 3 is 2.52 bits per heavy atom. The van der Waals surface area contributed by atoms with Crippen molar-refractivity contribution in [2.45, 2.75) is 32.7 Å². The highest BCUT2D eigenvalue weighted by molar-refractivity contribution is 5.96. The van der Waals surface area contributed by atoms with E-state index < -0.39 is 23.5 Å². The van der Waals surface area contributed by atoms with E-state index in [2.05, 4.69) is 5.32 Å². The molecule has 0 spiro atoms. The molecule has 2 heterocycles. The maximum Gasteiger partial charge on any atom is 0.339 e. The summed E-state index contributed by atoms with van der Waals surface area (Å²) in [5.41, 5.74) is 3.13. The van der Waals surface area contributed by atoms with Gasteiger partial charge in [0.2, 0.25) is 5.91 Å². The van der Waals surface area contributed by atoms with Crippen molar-refractivity contribution in [3.8, 4) is 0 Å². The lowest BCUT2D eigenvalue weighted by molar-refractivity contribution is -0.142. The van der Waals surface area contributed by atoms with Crippen LogP contribution in [0.1, 0.15) is 34.7 Å². The van der Waals surface area contributed by atoms with E-state index in [9.17, 15) is 19.5 Å². The van der Waals surface area contributed by atoms with Crippen LogP contribution in [0.3, 0.4) is 0 Å². The van der Waals surface area contributed by atoms with Crippen molar-refractivity contribution < 1.29 is 23.5 Å². The third-order valence-corrected chi connectivity index (χ3v) is 5.46. The zero-order valence-electron chi connectivity index (χ0n) is 17.1. The van der Waals surface area contributed by atoms with E-state index >= 15 is 0 Å². The maximum absolute atomic E-state index is 12.5. The van der Waals surface area contributed by atoms with Gasteiger partial charge in [-0.1, -0.05) is 30.3 Å². The van der Waals surface area contributed by atoms with Crippen LogP contribution in [0.15, 0.2) is 62.4 Å². The van der Waals surface area contributed by atoms with Crippen molar-refractivity contribution >= 4 is 33.8 Å². The van der Waals surface area contributed by atoms with E-state index in [-0.39, 0.29) is 12.8 Å². The van der Waals surface area contributed by atoms with E-state index in [4.69, 9.17) is 8.83 Å². The topological polar surface area (TPSA) is 110 Å². The van der Waals surface area contributed by atoms with Gasteiger partial charge in [-0.25, -0.2) is 9.59 Å². The number of fused-ring (bicyclic) bond motifs is 2. The van der Waals surface area contributed by atoms with Crippen LogP contribution in [0.25, 0.3) is 21.9 Å². The largest absolute Gasteiger partial charge is 0.479 e. The average molecular weight is 419 g/mol. The van der Waals surface area contributed by atoms with Gasteiger partial charge in [-0.2, -0.15) is 0 Å². The average Bonchev–Trinajstić information content (AvgIpc) is 3.11. The van der Waals surface area contributed by atoms with Crippen LogP contribution in [0.2, 0.25) is 0 Å². The molecule has 4 rings (SSSR count). The summed E-state index contributed by atoms with van der Waals surface area (Å²) in [7, 11) is 0. The van der Waals surface area contributed by atoms with Crippen molar-refractivity contribution in [1.82, 2.24) is 5.32 Å². The molecule has 0 aliphatic heterocycles. The first kappa shape index (κ1) is 20.4. The lowest BCUT2D eigenvalue weighted by Crippen LogP contribution is -2.34. The summed E-state index contributed by atoms with van der Waals surface area (Å²) >= 11 is 0. The number of hydrogen-bond donors (Lipinski definition) is 2. The summed E-state index contributed by atoms with van der Waals surface area (Å²) in [4.78, 5) is 36.6. The molecule has 2 aromatic carbocycles. The van der Waals surface area contributed by atoms with Crippen molar-refractivity contribution in [1.29, 1.82) is 0 Å². The van der Waals surface area contributed by atoms with Crippen LogP contribution in [-0.2, 0) is 16.0 Å². The van der Waals surface area contributed by atoms with Gasteiger partial charge in [0.1, 0.15) is 11.2 Å². The highest BCUT2D eigenvalue weighted by Crippen LogP contribution is 2.29. The van der Waals surface area contributed by atoms with E-state index in [1.165, 1.54) is 0 Å². The summed E-state index contributed by atoms with van der Waals surface area (Å²) in [6, 6.07) is 10.9. The van der Waals surface area contributed by atoms with Gasteiger partial charge in [0.25, 0.3) is 0 Å². The predicted molar refractivity (Wildman–Crippen MR) is 115 cm³/mol. The molecular formula is C24H21NO6. The third kappa shape index (κ3) is 3.94. The summed E-state index contributed by atoms with van der Waals surface area (Å²) in [6.45, 7) is 3.75. The smallest absolute Gasteiger partial charge is 0.339 e. The normalized spacial score (nSPS) is 12.2. The maximum atomic E-state index is 12.5. The van der Waals surface area contributed by atoms with E-state index in [0.29, 0.717) is 22.3 Å². The number of carbonyl (C=O) groups is 2. The molecule has 1 amide bonds. The second-order valence-electron chi connectivity index (χ2n) is 7.51. The first-order chi connectivity index (χ1) is 14.8. The Labute approximate surface area is 177 Å². The zero-order valence-corrected chi connectivity index (χ0v) is 17.1. The number of rotatable bonds is 6. The van der Waals surface area contributed by atoms with Gasteiger partial charge >= 0.3 is 11.6 Å². The fourth-order valence-corrected chi connectivity index (χ4v) is 3.73. The predicted octanol–water partition coefficient (Wildman–Crippen LogP) is 4.03. The molecule has 0 aliphatic carbocycles. The van der Waals surface area contributed by atoms with Gasteiger partial charge in [0.05, 0.1) is 6.26 Å². The van der Waals surface area contributed by atoms with Crippen molar-refractivity contribution in [2.75, 3.05) is 0 Å². The number of amides is 1. The summed E-state index contributed by atoms with van der Waals surface area (Å²) in [5, 5.41) is 13.7. The molecule has 0 radical (unpaired) electrons. The minimum Gasteiger partial charge on any atom is -0.479 e. The van der Waals surface area contributed by atoms with E-state index in [1.807, 2.05) is 19.9 Å². The van der Waals surface area contributed by atoms with Gasteiger partial charge in [-0.3, -0.25) is 4.79 Å². The molecule has 0 aliphatic rings. The van der Waals surface area contributed by atoms with Crippen molar-refractivity contribution in [2.24, 2.45) is 0 Å². The third-order valence-electron chi connectivity index (χ3n) is 5.46. The molecule has 0 unspecified atom stereocenters. The van der Waals surface area contributed by atoms with Gasteiger partial charge in [-0.05, 0) is 43.0 Å². The van der Waals surface area contributed by atoms with Gasteiger partial charge in [0.15, 0.2) is 6.04 Å². The number of benzene rings is 2. The fraction of sp³-hybridized carbons (Fsp3) is 0.208. The Hall–Kier alpha value is -3.87. The Morgan fingerprint density at radius 1 is 1.06 bits per heavy atom. The summed E-state index contributed by atoms with van der Waals surface area (Å²) < 4.78 is 10.9. The monoisotopic (exact) mass is 419 g/mol. The Balaban J connectivity index is 1.57. The molecule has 4 aromatic rings. The molecule has 31 heavy (non-hydrogen) atoms. The second kappa shape index (κ2) is 8.10. The van der Waals surface area contributed by atoms with Crippen LogP contribution >= 0.6 is 0 Å². The molecular weight excluding hydrogens is 398 g/mol. The van der Waals surface area contributed by atoms with Gasteiger partial charge in [0, 0.05) is 28.8 Å². The number of hydrogen-bond acceptors (Lipinski definition) is 5. The van der Waals surface area contributed by atoms with Gasteiger partial charge in [-0.15, -0.1) is 0 Å². The summed E-state index contributed by atoms with van der Waals surface area (Å²) in [6.07, 6.45) is 1.74. The number of carboxylic acid groups (broad SMARTS) is 1. The van der Waals surface area contributed by atoms with E-state index in [1.54, 1.807) is 42.7 Å². The molecule has 7 heteroatoms. The minimum absolute atomic E-state index is 0.0410. The molecule has 2 N–H and O–H groups in total. The number of aryl methyl sites for hydroxylation is 2. The van der Waals surface area contributed by atoms with Crippen molar-refractivity contribution in [3.05, 3.63) is 81.4 Å². The fourth-order valence-electron chi connectivity index (χ4n) is 3.73. The number of nitrogens with one attached hydrogen (secondary N) is 1. The molecule has 2 aromatic heterocycles. The first-order valence-electron chi connectivity index (χ1n) is 9.86. The number of aliphatic carboxylic acids is 1. The standard InChI is InChI=1S/C24H21NO6/c1-13-12-30-19-11-20-18(10-17(13)19)14(2)16(24(29)31-20)8-9-21(26)25-22(23(27)28)15-6-4-3-5-7-15/h3-7,10-12,22H,8-9H2,1-2H3,(H,25,26)(H,27,28)/t22-/m1/s1. The van der Waals surface area contributed by atoms with Crippen LogP contribution in [-0.4, -0.2) is 17.0 Å². The summed E-state index contributed by atoms with van der Waals surface area (Å²) in [5.74, 6) is -1.61. The van der Waals surface area contributed by atoms with Crippen LogP contribution in [0.4, 0.5) is 0 Å². The molecule has 1 atom stereocenters. The Morgan fingerprint density at radius 2 is 1.81 bits per heavy atom. The molecule has 0 bridgehead atoms. The number of carbonyl (C=O) groups excluding carboxylic acids is 1.